The summed E-state index contributed by atoms with van der Waals surface area (Å²) in [4.78, 5) is 27.8. The van der Waals surface area contributed by atoms with Gasteiger partial charge in [0.25, 0.3) is 5.91 Å². The van der Waals surface area contributed by atoms with Crippen molar-refractivity contribution in [2.24, 2.45) is 0 Å². The Labute approximate surface area is 152 Å². The molecule has 2 heterocycles. The van der Waals surface area contributed by atoms with E-state index in [0.717, 1.165) is 18.7 Å². The molecule has 3 rings (SSSR count). The van der Waals surface area contributed by atoms with E-state index < -0.39 is 0 Å². The van der Waals surface area contributed by atoms with Gasteiger partial charge in [-0.05, 0) is 42.8 Å². The first-order valence-corrected chi connectivity index (χ1v) is 8.49. The number of fused-ring (bicyclic) bond motifs is 1. The van der Waals surface area contributed by atoms with Gasteiger partial charge >= 0.3 is 0 Å². The van der Waals surface area contributed by atoms with E-state index in [2.05, 4.69) is 11.7 Å². The summed E-state index contributed by atoms with van der Waals surface area (Å²) < 4.78 is 1.86. The third-order valence-electron chi connectivity index (χ3n) is 4.52. The Bertz CT molecular complexity index is 826. The highest BCUT2D eigenvalue weighted by atomic mass is 16.3. The van der Waals surface area contributed by atoms with Crippen molar-refractivity contribution in [3.8, 4) is 0 Å². The van der Waals surface area contributed by atoms with Crippen molar-refractivity contribution in [3.63, 3.8) is 0 Å². The third-order valence-corrected chi connectivity index (χ3v) is 4.52. The number of aliphatic hydroxyl groups is 1. The molecule has 0 unspecified atom stereocenters. The van der Waals surface area contributed by atoms with Gasteiger partial charge < -0.3 is 14.9 Å². The van der Waals surface area contributed by atoms with Gasteiger partial charge in [-0.25, -0.2) is 0 Å². The standard InChI is InChI=1S/C19H22N4O3/c1-3-18(25)21(2)16-7-5-14(6-8-16)19(26)22-9-4-10-23-17(12-22)11-15(13-24)20-23/h3,5-8,11,24H,1,4,9-10,12-13H2,2H3. The van der Waals surface area contributed by atoms with Crippen molar-refractivity contribution in [3.05, 3.63) is 59.9 Å². The minimum atomic E-state index is -0.204. The maximum absolute atomic E-state index is 12.9. The molecule has 1 N–H and O–H groups in total. The maximum atomic E-state index is 12.9. The van der Waals surface area contributed by atoms with Gasteiger partial charge in [-0.2, -0.15) is 5.10 Å². The zero-order valence-corrected chi connectivity index (χ0v) is 14.8. The van der Waals surface area contributed by atoms with E-state index >= 15 is 0 Å². The molecule has 2 aromatic rings. The smallest absolute Gasteiger partial charge is 0.254 e. The van der Waals surface area contributed by atoms with Crippen LogP contribution in [0.2, 0.25) is 0 Å². The number of likely N-dealkylation sites (N-methyl/N-ethyl adjacent to an activating group) is 1. The Hall–Kier alpha value is -2.93. The fraction of sp³-hybridized carbons (Fsp3) is 0.316. The second kappa shape index (κ2) is 7.53. The molecule has 0 saturated carbocycles. The molecule has 1 aliphatic rings. The number of hydrogen-bond donors (Lipinski definition) is 1. The van der Waals surface area contributed by atoms with Crippen molar-refractivity contribution in [1.82, 2.24) is 14.7 Å². The summed E-state index contributed by atoms with van der Waals surface area (Å²) in [5.74, 6) is -0.265. The van der Waals surface area contributed by atoms with Crippen LogP contribution >= 0.6 is 0 Å². The second-order valence-electron chi connectivity index (χ2n) is 6.24. The van der Waals surface area contributed by atoms with E-state index in [1.165, 1.54) is 11.0 Å². The minimum absolute atomic E-state index is 0.0607. The summed E-state index contributed by atoms with van der Waals surface area (Å²) >= 11 is 0. The van der Waals surface area contributed by atoms with Gasteiger partial charge in [0.05, 0.1) is 24.5 Å². The van der Waals surface area contributed by atoms with E-state index in [1.54, 1.807) is 36.2 Å². The lowest BCUT2D eigenvalue weighted by atomic mass is 10.1. The molecule has 0 fully saturated rings. The molecule has 0 aliphatic carbocycles. The van der Waals surface area contributed by atoms with E-state index in [1.807, 2.05) is 10.7 Å². The van der Waals surface area contributed by atoms with Crippen molar-refractivity contribution in [2.75, 3.05) is 18.5 Å². The van der Waals surface area contributed by atoms with Crippen LogP contribution in [-0.2, 0) is 24.5 Å². The van der Waals surface area contributed by atoms with Crippen molar-refractivity contribution >= 4 is 17.5 Å². The Kier molecular flexibility index (Phi) is 5.18. The monoisotopic (exact) mass is 354 g/mol. The summed E-state index contributed by atoms with van der Waals surface area (Å²) in [6.45, 7) is 5.21. The van der Waals surface area contributed by atoms with E-state index in [4.69, 9.17) is 0 Å². The highest BCUT2D eigenvalue weighted by Gasteiger charge is 2.22. The topological polar surface area (TPSA) is 78.7 Å². The van der Waals surface area contributed by atoms with Gasteiger partial charge in [0, 0.05) is 31.4 Å². The SMILES string of the molecule is C=CC(=O)N(C)c1ccc(C(=O)N2CCCn3nc(CO)cc3C2)cc1. The lowest BCUT2D eigenvalue weighted by Crippen LogP contribution is -2.30. The number of aliphatic hydroxyl groups excluding tert-OH is 1. The molecule has 7 heteroatoms. The van der Waals surface area contributed by atoms with Gasteiger partial charge in [0.2, 0.25) is 5.91 Å². The van der Waals surface area contributed by atoms with E-state index in [-0.39, 0.29) is 18.4 Å². The molecular formula is C19H22N4O3. The van der Waals surface area contributed by atoms with Crippen molar-refractivity contribution in [2.45, 2.75) is 26.1 Å². The molecule has 1 aromatic heterocycles. The van der Waals surface area contributed by atoms with Gasteiger partial charge in [0.1, 0.15) is 0 Å². The van der Waals surface area contributed by atoms with Crippen LogP contribution in [0.15, 0.2) is 43.0 Å². The number of aromatic nitrogens is 2. The van der Waals surface area contributed by atoms with Crippen LogP contribution in [0.4, 0.5) is 5.69 Å². The second-order valence-corrected chi connectivity index (χ2v) is 6.24. The molecule has 2 amide bonds. The number of carbonyl (C=O) groups is 2. The highest BCUT2D eigenvalue weighted by Crippen LogP contribution is 2.19. The molecule has 0 saturated heterocycles. The predicted octanol–water partition coefficient (Wildman–Crippen LogP) is 1.57. The third kappa shape index (κ3) is 3.52. The van der Waals surface area contributed by atoms with Gasteiger partial charge in [-0.1, -0.05) is 6.58 Å². The van der Waals surface area contributed by atoms with E-state index in [0.29, 0.717) is 30.0 Å². The summed E-state index contributed by atoms with van der Waals surface area (Å²) in [6.07, 6.45) is 2.06. The Balaban J connectivity index is 1.76. The van der Waals surface area contributed by atoms with Crippen LogP contribution in [-0.4, -0.2) is 45.2 Å². The summed E-state index contributed by atoms with van der Waals surface area (Å²) in [5, 5.41) is 13.6. The lowest BCUT2D eigenvalue weighted by molar-refractivity contribution is -0.113. The van der Waals surface area contributed by atoms with Crippen LogP contribution in [0.1, 0.15) is 28.2 Å². The average Bonchev–Trinajstić information content (AvgIpc) is 2.96. The first kappa shape index (κ1) is 17.9. The van der Waals surface area contributed by atoms with Crippen LogP contribution in [0, 0.1) is 0 Å². The highest BCUT2D eigenvalue weighted by molar-refractivity contribution is 6.01. The number of aryl methyl sites for hydroxylation is 1. The van der Waals surface area contributed by atoms with Crippen LogP contribution < -0.4 is 4.90 Å². The minimum Gasteiger partial charge on any atom is -0.390 e. The van der Waals surface area contributed by atoms with Crippen LogP contribution in [0.25, 0.3) is 0 Å². The largest absolute Gasteiger partial charge is 0.390 e. The van der Waals surface area contributed by atoms with Crippen LogP contribution in [0.5, 0.6) is 0 Å². The number of anilines is 1. The lowest BCUT2D eigenvalue weighted by Gasteiger charge is -2.21. The molecule has 0 bridgehead atoms. The summed E-state index contributed by atoms with van der Waals surface area (Å²) in [5.41, 5.74) is 2.82. The molecule has 0 spiro atoms. The quantitative estimate of drug-likeness (QED) is 0.846. The Morgan fingerprint density at radius 3 is 2.69 bits per heavy atom. The number of nitrogens with zero attached hydrogens (tertiary/aromatic N) is 4. The molecule has 7 nitrogen and oxygen atoms in total. The molecule has 136 valence electrons. The zero-order chi connectivity index (χ0) is 18.7. The summed E-state index contributed by atoms with van der Waals surface area (Å²) in [6, 6.07) is 8.80. The number of benzene rings is 1. The molecule has 0 atom stereocenters. The van der Waals surface area contributed by atoms with Gasteiger partial charge in [-0.3, -0.25) is 14.3 Å². The molecule has 0 radical (unpaired) electrons. The van der Waals surface area contributed by atoms with E-state index in [9.17, 15) is 14.7 Å². The number of hydrogen-bond acceptors (Lipinski definition) is 4. The normalized spacial score (nSPS) is 13.7. The number of rotatable bonds is 4. The van der Waals surface area contributed by atoms with Crippen molar-refractivity contribution in [1.29, 1.82) is 0 Å². The maximum Gasteiger partial charge on any atom is 0.254 e. The molecule has 1 aliphatic heterocycles. The zero-order valence-electron chi connectivity index (χ0n) is 14.8. The predicted molar refractivity (Wildman–Crippen MR) is 97.6 cm³/mol. The Morgan fingerprint density at radius 1 is 1.31 bits per heavy atom. The Morgan fingerprint density at radius 2 is 2.04 bits per heavy atom. The fourth-order valence-corrected chi connectivity index (χ4v) is 3.05. The summed E-state index contributed by atoms with van der Waals surface area (Å²) in [7, 11) is 1.66. The molecule has 26 heavy (non-hydrogen) atoms. The fourth-order valence-electron chi connectivity index (χ4n) is 3.05. The van der Waals surface area contributed by atoms with Gasteiger partial charge in [-0.15, -0.1) is 0 Å². The number of carbonyl (C=O) groups excluding carboxylic acids is 2. The first-order chi connectivity index (χ1) is 12.5. The number of amides is 2. The van der Waals surface area contributed by atoms with Crippen LogP contribution in [0.3, 0.4) is 0 Å². The molecular weight excluding hydrogens is 332 g/mol. The van der Waals surface area contributed by atoms with Gasteiger partial charge in [0.15, 0.2) is 0 Å². The van der Waals surface area contributed by atoms with Crippen molar-refractivity contribution < 1.29 is 14.7 Å². The molecule has 1 aromatic carbocycles. The first-order valence-electron chi connectivity index (χ1n) is 8.49. The average molecular weight is 354 g/mol.